The van der Waals surface area contributed by atoms with Crippen LogP contribution in [0.2, 0.25) is 0 Å². The molecular weight excluding hydrogens is 258 g/mol. The van der Waals surface area contributed by atoms with E-state index in [2.05, 4.69) is 18.0 Å². The summed E-state index contributed by atoms with van der Waals surface area (Å²) in [6, 6.07) is 6.22. The maximum atomic E-state index is 12.5. The van der Waals surface area contributed by atoms with Crippen molar-refractivity contribution in [1.82, 2.24) is 4.98 Å². The lowest BCUT2D eigenvalue weighted by Gasteiger charge is -2.29. The number of carbonyl (C=O) groups is 1. The van der Waals surface area contributed by atoms with Crippen molar-refractivity contribution in [2.75, 3.05) is 17.2 Å². The number of nitrogens with zero attached hydrogens (tertiary/aromatic N) is 2. The fourth-order valence-corrected chi connectivity index (χ4v) is 3.00. The minimum Gasteiger partial charge on any atom is -0.375 e. The predicted octanol–water partition coefficient (Wildman–Crippen LogP) is 2.63. The molecular formula is C14H15N3OS. The zero-order valence-electron chi connectivity index (χ0n) is 10.7. The van der Waals surface area contributed by atoms with E-state index < -0.39 is 0 Å². The van der Waals surface area contributed by atoms with Gasteiger partial charge in [-0.25, -0.2) is 4.98 Å². The van der Waals surface area contributed by atoms with E-state index in [-0.39, 0.29) is 5.91 Å². The first kappa shape index (κ1) is 12.2. The smallest absolute Gasteiger partial charge is 0.277 e. The Balaban J connectivity index is 1.97. The Bertz CT molecular complexity index is 635. The average Bonchev–Trinajstić information content (AvgIpc) is 2.83. The Morgan fingerprint density at radius 2 is 2.32 bits per heavy atom. The van der Waals surface area contributed by atoms with E-state index >= 15 is 0 Å². The number of benzene rings is 1. The Morgan fingerprint density at radius 3 is 3.05 bits per heavy atom. The first-order valence-corrected chi connectivity index (χ1v) is 7.15. The summed E-state index contributed by atoms with van der Waals surface area (Å²) >= 11 is 1.30. The average molecular weight is 273 g/mol. The lowest BCUT2D eigenvalue weighted by molar-refractivity contribution is 0.0981. The molecule has 2 N–H and O–H groups in total. The highest BCUT2D eigenvalue weighted by Gasteiger charge is 2.24. The van der Waals surface area contributed by atoms with Gasteiger partial charge in [-0.2, -0.15) is 0 Å². The maximum Gasteiger partial charge on any atom is 0.277 e. The van der Waals surface area contributed by atoms with Crippen LogP contribution in [0.15, 0.2) is 23.6 Å². The van der Waals surface area contributed by atoms with Crippen LogP contribution in [0.1, 0.15) is 28.0 Å². The van der Waals surface area contributed by atoms with Crippen LogP contribution in [0.3, 0.4) is 0 Å². The van der Waals surface area contributed by atoms with Crippen molar-refractivity contribution in [1.29, 1.82) is 0 Å². The van der Waals surface area contributed by atoms with Gasteiger partial charge in [-0.15, -0.1) is 11.3 Å². The van der Waals surface area contributed by atoms with E-state index in [9.17, 15) is 4.79 Å². The van der Waals surface area contributed by atoms with E-state index in [1.54, 1.807) is 5.38 Å². The number of nitrogen functional groups attached to an aromatic ring is 1. The second kappa shape index (κ2) is 4.66. The Hall–Kier alpha value is -1.88. The normalized spacial score (nSPS) is 14.3. The monoisotopic (exact) mass is 273 g/mol. The first-order chi connectivity index (χ1) is 9.15. The number of hydrogen-bond acceptors (Lipinski definition) is 4. The second-order valence-electron chi connectivity index (χ2n) is 4.76. The number of carbonyl (C=O) groups excluding carboxylic acids is 1. The van der Waals surface area contributed by atoms with Crippen LogP contribution in [-0.2, 0) is 6.42 Å². The molecule has 2 heterocycles. The third kappa shape index (κ3) is 2.21. The van der Waals surface area contributed by atoms with Gasteiger partial charge in [0.25, 0.3) is 5.91 Å². The van der Waals surface area contributed by atoms with E-state index in [0.29, 0.717) is 10.8 Å². The highest BCUT2D eigenvalue weighted by molar-refractivity contribution is 7.13. The number of anilines is 2. The van der Waals surface area contributed by atoms with Crippen molar-refractivity contribution in [2.45, 2.75) is 19.8 Å². The van der Waals surface area contributed by atoms with Gasteiger partial charge in [0.1, 0.15) is 5.69 Å². The van der Waals surface area contributed by atoms with E-state index in [4.69, 9.17) is 5.73 Å². The summed E-state index contributed by atoms with van der Waals surface area (Å²) in [5, 5.41) is 2.16. The van der Waals surface area contributed by atoms with Crippen molar-refractivity contribution in [3.63, 3.8) is 0 Å². The summed E-state index contributed by atoms with van der Waals surface area (Å²) in [5.41, 5.74) is 9.51. The summed E-state index contributed by atoms with van der Waals surface area (Å²) < 4.78 is 0. The summed E-state index contributed by atoms with van der Waals surface area (Å²) in [6.45, 7) is 2.81. The lowest BCUT2D eigenvalue weighted by Crippen LogP contribution is -2.35. The summed E-state index contributed by atoms with van der Waals surface area (Å²) in [4.78, 5) is 18.4. The first-order valence-electron chi connectivity index (χ1n) is 6.27. The van der Waals surface area contributed by atoms with Crippen LogP contribution in [-0.4, -0.2) is 17.4 Å². The molecule has 0 aliphatic carbocycles. The van der Waals surface area contributed by atoms with Crippen molar-refractivity contribution < 1.29 is 4.79 Å². The minimum absolute atomic E-state index is 0.0576. The number of amides is 1. The number of hydrogen-bond donors (Lipinski definition) is 1. The molecule has 0 fully saturated rings. The topological polar surface area (TPSA) is 59.2 Å². The zero-order valence-corrected chi connectivity index (χ0v) is 11.5. The molecule has 1 aliphatic heterocycles. The molecule has 2 aromatic rings. The van der Waals surface area contributed by atoms with Gasteiger partial charge in [-0.3, -0.25) is 4.79 Å². The summed E-state index contributed by atoms with van der Waals surface area (Å²) in [7, 11) is 0. The second-order valence-corrected chi connectivity index (χ2v) is 5.65. The third-order valence-corrected chi connectivity index (χ3v) is 4.01. The summed E-state index contributed by atoms with van der Waals surface area (Å²) in [6.07, 6.45) is 2.02. The number of fused-ring (bicyclic) bond motifs is 1. The highest BCUT2D eigenvalue weighted by Crippen LogP contribution is 2.29. The maximum absolute atomic E-state index is 12.5. The van der Waals surface area contributed by atoms with Gasteiger partial charge in [-0.05, 0) is 31.4 Å². The van der Waals surface area contributed by atoms with Gasteiger partial charge in [0.15, 0.2) is 5.13 Å². The molecule has 5 heteroatoms. The molecule has 0 atom stereocenters. The number of aromatic nitrogens is 1. The zero-order chi connectivity index (χ0) is 13.4. The summed E-state index contributed by atoms with van der Waals surface area (Å²) in [5.74, 6) is -0.0576. The number of nitrogens with two attached hydrogens (primary N) is 1. The van der Waals surface area contributed by atoms with Gasteiger partial charge < -0.3 is 10.6 Å². The van der Waals surface area contributed by atoms with Crippen LogP contribution in [0.25, 0.3) is 0 Å². The van der Waals surface area contributed by atoms with Crippen LogP contribution < -0.4 is 10.6 Å². The Morgan fingerprint density at radius 1 is 1.47 bits per heavy atom. The SMILES string of the molecule is Cc1ccc2c(c1)CCCN2C(=O)c1csc(N)n1. The van der Waals surface area contributed by atoms with Crippen LogP contribution in [0, 0.1) is 6.92 Å². The van der Waals surface area contributed by atoms with Crippen molar-refractivity contribution in [3.8, 4) is 0 Å². The molecule has 19 heavy (non-hydrogen) atoms. The molecule has 0 saturated carbocycles. The molecule has 1 amide bonds. The number of rotatable bonds is 1. The molecule has 1 aromatic carbocycles. The van der Waals surface area contributed by atoms with E-state index in [1.807, 2.05) is 17.0 Å². The van der Waals surface area contributed by atoms with Crippen molar-refractivity contribution >= 4 is 28.1 Å². The molecule has 0 unspecified atom stereocenters. The van der Waals surface area contributed by atoms with Gasteiger partial charge in [0.2, 0.25) is 0 Å². The van der Waals surface area contributed by atoms with E-state index in [0.717, 1.165) is 25.1 Å². The fraction of sp³-hybridized carbons (Fsp3) is 0.286. The van der Waals surface area contributed by atoms with Crippen LogP contribution in [0.4, 0.5) is 10.8 Å². The minimum atomic E-state index is -0.0576. The molecule has 4 nitrogen and oxygen atoms in total. The molecule has 98 valence electrons. The molecule has 0 saturated heterocycles. The largest absolute Gasteiger partial charge is 0.375 e. The molecule has 3 rings (SSSR count). The fourth-order valence-electron chi connectivity index (χ4n) is 2.46. The van der Waals surface area contributed by atoms with Crippen LogP contribution in [0.5, 0.6) is 0 Å². The number of thiazole rings is 1. The Labute approximate surface area is 115 Å². The van der Waals surface area contributed by atoms with Crippen molar-refractivity contribution in [2.24, 2.45) is 0 Å². The lowest BCUT2D eigenvalue weighted by atomic mass is 9.99. The third-order valence-electron chi connectivity index (χ3n) is 3.34. The Kier molecular flexibility index (Phi) is 2.98. The van der Waals surface area contributed by atoms with Crippen molar-refractivity contribution in [3.05, 3.63) is 40.4 Å². The number of aryl methyl sites for hydroxylation is 2. The van der Waals surface area contributed by atoms with Gasteiger partial charge in [0, 0.05) is 17.6 Å². The van der Waals surface area contributed by atoms with Gasteiger partial charge in [-0.1, -0.05) is 17.7 Å². The van der Waals surface area contributed by atoms with E-state index in [1.165, 1.54) is 22.5 Å². The molecule has 1 aliphatic rings. The van der Waals surface area contributed by atoms with Crippen LogP contribution >= 0.6 is 11.3 Å². The molecule has 1 aromatic heterocycles. The van der Waals surface area contributed by atoms with Gasteiger partial charge in [0.05, 0.1) is 0 Å². The molecule has 0 spiro atoms. The predicted molar refractivity (Wildman–Crippen MR) is 77.7 cm³/mol. The quantitative estimate of drug-likeness (QED) is 0.869. The highest BCUT2D eigenvalue weighted by atomic mass is 32.1. The van der Waals surface area contributed by atoms with Gasteiger partial charge >= 0.3 is 0 Å². The molecule has 0 bridgehead atoms. The molecule has 0 radical (unpaired) electrons. The standard InChI is InChI=1S/C14H15N3OS/c1-9-4-5-12-10(7-9)3-2-6-17(12)13(18)11-8-19-14(15)16-11/h4-5,7-8H,2-3,6H2,1H3,(H2,15,16).